The average Bonchev–Trinajstić information content (AvgIpc) is 2.23. The van der Waals surface area contributed by atoms with Crippen molar-refractivity contribution in [3.63, 3.8) is 0 Å². The van der Waals surface area contributed by atoms with E-state index in [0.717, 1.165) is 11.3 Å². The molecule has 0 bridgehead atoms. The van der Waals surface area contributed by atoms with Crippen molar-refractivity contribution in [2.75, 3.05) is 18.9 Å². The normalized spacial score (nSPS) is 11.1. The molecule has 0 unspecified atom stereocenters. The van der Waals surface area contributed by atoms with E-state index in [0.29, 0.717) is 24.8 Å². The summed E-state index contributed by atoms with van der Waals surface area (Å²) in [5.74, 6) is 0.181. The number of nitrogens with two attached hydrogens (primary N) is 1. The number of aromatic nitrogens is 2. The van der Waals surface area contributed by atoms with E-state index in [9.17, 15) is 0 Å². The third-order valence-corrected chi connectivity index (χ3v) is 2.57. The zero-order chi connectivity index (χ0) is 12.8. The summed E-state index contributed by atoms with van der Waals surface area (Å²) >= 11 is 6.04. The maximum absolute atomic E-state index is 6.04. The van der Waals surface area contributed by atoms with Crippen LogP contribution in [0.3, 0.4) is 0 Å². The van der Waals surface area contributed by atoms with Crippen LogP contribution in [0.4, 0.5) is 5.95 Å². The van der Waals surface area contributed by atoms with Crippen LogP contribution in [0, 0.1) is 6.92 Å². The fourth-order valence-electron chi connectivity index (χ4n) is 1.52. The molecular weight excluding hydrogens is 242 g/mol. The lowest BCUT2D eigenvalue weighted by molar-refractivity contribution is -0.134. The predicted molar refractivity (Wildman–Crippen MR) is 66.9 cm³/mol. The quantitative estimate of drug-likeness (QED) is 0.625. The lowest BCUT2D eigenvalue weighted by atomic mass is 10.1. The van der Waals surface area contributed by atoms with E-state index in [2.05, 4.69) is 9.97 Å². The fraction of sp³-hybridized carbons (Fsp3) is 0.636. The summed E-state index contributed by atoms with van der Waals surface area (Å²) in [6.45, 7) is 6.84. The first-order chi connectivity index (χ1) is 8.08. The minimum absolute atomic E-state index is 0.181. The van der Waals surface area contributed by atoms with Gasteiger partial charge in [0, 0.05) is 30.9 Å². The van der Waals surface area contributed by atoms with Crippen molar-refractivity contribution in [3.8, 4) is 0 Å². The molecule has 1 rings (SSSR count). The van der Waals surface area contributed by atoms with Crippen molar-refractivity contribution in [2.45, 2.75) is 33.5 Å². The molecule has 0 radical (unpaired) electrons. The largest absolute Gasteiger partial charge is 0.368 e. The summed E-state index contributed by atoms with van der Waals surface area (Å²) in [5, 5.41) is 0.361. The van der Waals surface area contributed by atoms with Crippen LogP contribution in [0.15, 0.2) is 0 Å². The third kappa shape index (κ3) is 4.11. The first-order valence-corrected chi connectivity index (χ1v) is 5.97. The SMILES string of the molecule is CCOC(Cc1c(C)nc(N)nc1Cl)OCC. The molecule has 5 nitrogen and oxygen atoms in total. The molecule has 17 heavy (non-hydrogen) atoms. The van der Waals surface area contributed by atoms with E-state index in [-0.39, 0.29) is 12.2 Å². The van der Waals surface area contributed by atoms with Gasteiger partial charge in [-0.15, -0.1) is 0 Å². The van der Waals surface area contributed by atoms with Crippen molar-refractivity contribution >= 4 is 17.5 Å². The van der Waals surface area contributed by atoms with Crippen LogP contribution in [0.5, 0.6) is 0 Å². The van der Waals surface area contributed by atoms with Crippen LogP contribution in [0.25, 0.3) is 0 Å². The number of anilines is 1. The number of hydrogen-bond donors (Lipinski definition) is 1. The Kier molecular flexibility index (Phi) is 5.61. The number of rotatable bonds is 6. The van der Waals surface area contributed by atoms with Crippen LogP contribution in [0.2, 0.25) is 5.15 Å². The molecule has 0 aliphatic rings. The molecule has 0 saturated heterocycles. The van der Waals surface area contributed by atoms with E-state index in [1.165, 1.54) is 0 Å². The second kappa shape index (κ2) is 6.74. The van der Waals surface area contributed by atoms with Crippen molar-refractivity contribution < 1.29 is 9.47 Å². The molecule has 0 aromatic carbocycles. The Morgan fingerprint density at radius 1 is 1.24 bits per heavy atom. The smallest absolute Gasteiger partial charge is 0.221 e. The molecule has 1 heterocycles. The van der Waals surface area contributed by atoms with Gasteiger partial charge < -0.3 is 15.2 Å². The number of hydrogen-bond acceptors (Lipinski definition) is 5. The minimum atomic E-state index is -0.326. The Labute approximate surface area is 106 Å². The molecule has 1 aromatic rings. The van der Waals surface area contributed by atoms with Gasteiger partial charge in [-0.2, -0.15) is 0 Å². The average molecular weight is 260 g/mol. The Morgan fingerprint density at radius 3 is 2.29 bits per heavy atom. The lowest BCUT2D eigenvalue weighted by Crippen LogP contribution is -2.21. The van der Waals surface area contributed by atoms with E-state index < -0.39 is 0 Å². The van der Waals surface area contributed by atoms with Crippen LogP contribution in [0.1, 0.15) is 25.1 Å². The van der Waals surface area contributed by atoms with Crippen LogP contribution >= 0.6 is 11.6 Å². The van der Waals surface area contributed by atoms with Crippen molar-refractivity contribution in [2.24, 2.45) is 0 Å². The van der Waals surface area contributed by atoms with Crippen molar-refractivity contribution in [1.29, 1.82) is 0 Å². The first-order valence-electron chi connectivity index (χ1n) is 5.60. The number of halogens is 1. The molecule has 0 fully saturated rings. The minimum Gasteiger partial charge on any atom is -0.368 e. The van der Waals surface area contributed by atoms with Crippen molar-refractivity contribution in [1.82, 2.24) is 9.97 Å². The van der Waals surface area contributed by atoms with Gasteiger partial charge in [-0.3, -0.25) is 0 Å². The summed E-state index contributed by atoms with van der Waals surface area (Å²) in [5.41, 5.74) is 7.08. The highest BCUT2D eigenvalue weighted by molar-refractivity contribution is 6.30. The highest BCUT2D eigenvalue weighted by Gasteiger charge is 2.16. The van der Waals surface area contributed by atoms with Gasteiger partial charge in [-0.25, -0.2) is 9.97 Å². The number of nitrogens with zero attached hydrogens (tertiary/aromatic N) is 2. The first kappa shape index (κ1) is 14.2. The molecular formula is C11H18ClN3O2. The standard InChI is InChI=1S/C11H18ClN3O2/c1-4-16-9(17-5-2)6-8-7(3)14-11(13)15-10(8)12/h9H,4-6H2,1-3H3,(H2,13,14,15). The molecule has 6 heteroatoms. The highest BCUT2D eigenvalue weighted by atomic mass is 35.5. The Balaban J connectivity index is 2.84. The maximum atomic E-state index is 6.04. The molecule has 0 atom stereocenters. The fourth-order valence-corrected chi connectivity index (χ4v) is 1.82. The zero-order valence-corrected chi connectivity index (χ0v) is 11.1. The summed E-state index contributed by atoms with van der Waals surface area (Å²) in [6, 6.07) is 0. The molecule has 0 aliphatic carbocycles. The third-order valence-electron chi connectivity index (χ3n) is 2.26. The second-order valence-corrected chi connectivity index (χ2v) is 3.84. The number of aryl methyl sites for hydroxylation is 1. The Hall–Kier alpha value is -0.910. The van der Waals surface area contributed by atoms with Gasteiger partial charge in [0.05, 0.1) is 0 Å². The lowest BCUT2D eigenvalue weighted by Gasteiger charge is -2.18. The molecule has 0 saturated carbocycles. The van der Waals surface area contributed by atoms with E-state index >= 15 is 0 Å². The van der Waals surface area contributed by atoms with E-state index in [1.54, 1.807) is 0 Å². The van der Waals surface area contributed by atoms with Gasteiger partial charge >= 0.3 is 0 Å². The molecule has 0 spiro atoms. The summed E-state index contributed by atoms with van der Waals surface area (Å²) in [7, 11) is 0. The Morgan fingerprint density at radius 2 is 1.82 bits per heavy atom. The molecule has 2 N–H and O–H groups in total. The van der Waals surface area contributed by atoms with Crippen LogP contribution in [-0.4, -0.2) is 29.5 Å². The summed E-state index contributed by atoms with van der Waals surface area (Å²) < 4.78 is 10.9. The topological polar surface area (TPSA) is 70.3 Å². The number of nitrogen functional groups attached to an aromatic ring is 1. The van der Waals surface area contributed by atoms with Gasteiger partial charge in [-0.05, 0) is 20.8 Å². The predicted octanol–water partition coefficient (Wildman–Crippen LogP) is 1.96. The molecule has 96 valence electrons. The highest BCUT2D eigenvalue weighted by Crippen LogP contribution is 2.20. The Bertz CT molecular complexity index is 345. The monoisotopic (exact) mass is 259 g/mol. The second-order valence-electron chi connectivity index (χ2n) is 3.48. The molecule has 0 aliphatic heterocycles. The maximum Gasteiger partial charge on any atom is 0.221 e. The molecule has 0 amide bonds. The van der Waals surface area contributed by atoms with Gasteiger partial charge in [0.25, 0.3) is 0 Å². The van der Waals surface area contributed by atoms with E-state index in [4.69, 9.17) is 26.8 Å². The van der Waals surface area contributed by atoms with Crippen molar-refractivity contribution in [3.05, 3.63) is 16.4 Å². The number of ether oxygens (including phenoxy) is 2. The van der Waals surface area contributed by atoms with Crippen LogP contribution in [-0.2, 0) is 15.9 Å². The summed E-state index contributed by atoms with van der Waals surface area (Å²) in [6.07, 6.45) is 0.195. The van der Waals surface area contributed by atoms with Gasteiger partial charge in [0.1, 0.15) is 5.15 Å². The van der Waals surface area contributed by atoms with Gasteiger partial charge in [0.15, 0.2) is 6.29 Å². The zero-order valence-electron chi connectivity index (χ0n) is 10.4. The molecule has 1 aromatic heterocycles. The van der Waals surface area contributed by atoms with Gasteiger partial charge in [0.2, 0.25) is 5.95 Å². The van der Waals surface area contributed by atoms with E-state index in [1.807, 2.05) is 20.8 Å². The van der Waals surface area contributed by atoms with Crippen LogP contribution < -0.4 is 5.73 Å². The van der Waals surface area contributed by atoms with Gasteiger partial charge in [-0.1, -0.05) is 11.6 Å². The summed E-state index contributed by atoms with van der Waals surface area (Å²) in [4.78, 5) is 8.01.